The summed E-state index contributed by atoms with van der Waals surface area (Å²) in [6, 6.07) is 3.47. The highest BCUT2D eigenvalue weighted by Crippen LogP contribution is 2.70. The van der Waals surface area contributed by atoms with Crippen LogP contribution in [0.15, 0.2) is 18.2 Å². The Morgan fingerprint density at radius 3 is 2.89 bits per heavy atom. The van der Waals surface area contributed by atoms with Crippen LogP contribution in [0.3, 0.4) is 0 Å². The molecule has 2 aliphatic carbocycles. The molecule has 0 radical (unpaired) electrons. The zero-order valence-electron chi connectivity index (χ0n) is 15.8. The maximum absolute atomic E-state index is 14.5. The van der Waals surface area contributed by atoms with Gasteiger partial charge in [0.2, 0.25) is 5.91 Å². The third kappa shape index (κ3) is 2.80. The van der Waals surface area contributed by atoms with Crippen LogP contribution in [0.25, 0.3) is 0 Å². The van der Waals surface area contributed by atoms with Crippen LogP contribution in [0.1, 0.15) is 51.2 Å². The molecule has 1 aromatic carbocycles. The first kappa shape index (κ1) is 18.8. The molecule has 27 heavy (non-hydrogen) atoms. The van der Waals surface area contributed by atoms with Crippen LogP contribution in [-0.2, 0) is 9.53 Å². The van der Waals surface area contributed by atoms with E-state index in [4.69, 9.17) is 9.84 Å². The average molecular weight is 379 g/mol. The number of aliphatic hydroxyl groups is 1. The Hall–Kier alpha value is -1.53. The van der Waals surface area contributed by atoms with Crippen molar-refractivity contribution in [2.75, 3.05) is 13.2 Å². The first-order chi connectivity index (χ1) is 12.8. The van der Waals surface area contributed by atoms with E-state index in [1.807, 2.05) is 0 Å². The molecule has 2 saturated carbocycles. The standard InChI is InChI=1S/C21H27F2NO3/c1-20(2)12-9-15-18(14-10-13(22)3-4-16(14)23)27-8-6-21(15,11-12)19(20)24-17(26)5-7-25/h3-4,10,12,15,18-19,25H,5-9,11H2,1-2H3,(H,24,26)/t12-,15-,18-,19+,21-/m1/s1. The van der Waals surface area contributed by atoms with Gasteiger partial charge in [-0.05, 0) is 60.1 Å². The van der Waals surface area contributed by atoms with E-state index in [1.165, 1.54) is 6.07 Å². The molecular formula is C21H27F2NO3. The summed E-state index contributed by atoms with van der Waals surface area (Å²) in [6.07, 6.45) is 2.24. The van der Waals surface area contributed by atoms with Gasteiger partial charge < -0.3 is 15.2 Å². The van der Waals surface area contributed by atoms with E-state index in [0.29, 0.717) is 12.5 Å². The summed E-state index contributed by atoms with van der Waals surface area (Å²) < 4.78 is 34.2. The Bertz CT molecular complexity index is 753. The van der Waals surface area contributed by atoms with Gasteiger partial charge in [0.05, 0.1) is 12.7 Å². The van der Waals surface area contributed by atoms with E-state index in [1.54, 1.807) is 0 Å². The molecule has 2 N–H and O–H groups in total. The number of halogens is 2. The molecule has 1 amide bonds. The van der Waals surface area contributed by atoms with Crippen molar-refractivity contribution < 1.29 is 23.4 Å². The largest absolute Gasteiger partial charge is 0.396 e. The van der Waals surface area contributed by atoms with Gasteiger partial charge in [0, 0.05) is 24.6 Å². The minimum Gasteiger partial charge on any atom is -0.396 e. The Kier molecular flexibility index (Phi) is 4.54. The van der Waals surface area contributed by atoms with Gasteiger partial charge in [-0.2, -0.15) is 0 Å². The number of benzene rings is 1. The maximum Gasteiger partial charge on any atom is 0.222 e. The third-order valence-electron chi connectivity index (χ3n) is 7.41. The third-order valence-corrected chi connectivity index (χ3v) is 7.41. The minimum atomic E-state index is -0.493. The SMILES string of the molecule is CC1(C)[C@@H]2C[C@@H]3[C@@H](c4cc(F)ccc4F)OCC[C@]3(C2)[C@H]1NC(=O)CCO. The molecule has 2 bridgehead atoms. The van der Waals surface area contributed by atoms with Crippen LogP contribution in [-0.4, -0.2) is 30.3 Å². The van der Waals surface area contributed by atoms with Crippen molar-refractivity contribution in [1.82, 2.24) is 5.32 Å². The fourth-order valence-corrected chi connectivity index (χ4v) is 6.16. The van der Waals surface area contributed by atoms with E-state index < -0.39 is 17.7 Å². The molecule has 4 rings (SSSR count). The topological polar surface area (TPSA) is 58.6 Å². The normalized spacial score (nSPS) is 36.5. The van der Waals surface area contributed by atoms with Crippen LogP contribution in [0.5, 0.6) is 0 Å². The molecular weight excluding hydrogens is 352 g/mol. The second-order valence-corrected chi connectivity index (χ2v) is 8.98. The number of carbonyl (C=O) groups is 1. The summed E-state index contributed by atoms with van der Waals surface area (Å²) in [4.78, 5) is 12.3. The zero-order chi connectivity index (χ0) is 19.4. The number of aliphatic hydroxyl groups excluding tert-OH is 1. The number of rotatable bonds is 4. The van der Waals surface area contributed by atoms with Crippen LogP contribution < -0.4 is 5.32 Å². The summed E-state index contributed by atoms with van der Waals surface area (Å²) in [5.74, 6) is -0.633. The van der Waals surface area contributed by atoms with Crippen molar-refractivity contribution in [3.8, 4) is 0 Å². The van der Waals surface area contributed by atoms with Crippen LogP contribution in [0.4, 0.5) is 8.78 Å². The molecule has 4 nitrogen and oxygen atoms in total. The van der Waals surface area contributed by atoms with Gasteiger partial charge >= 0.3 is 0 Å². The van der Waals surface area contributed by atoms with Crippen LogP contribution in [0.2, 0.25) is 0 Å². The van der Waals surface area contributed by atoms with Crippen LogP contribution >= 0.6 is 0 Å². The van der Waals surface area contributed by atoms with Gasteiger partial charge in [-0.1, -0.05) is 13.8 Å². The molecule has 3 aliphatic rings. The Labute approximate surface area is 158 Å². The Morgan fingerprint density at radius 2 is 2.15 bits per heavy atom. The minimum absolute atomic E-state index is 0.0417. The predicted molar refractivity (Wildman–Crippen MR) is 95.7 cm³/mol. The van der Waals surface area contributed by atoms with Gasteiger partial charge in [-0.15, -0.1) is 0 Å². The fourth-order valence-electron chi connectivity index (χ4n) is 6.16. The number of amides is 1. The Morgan fingerprint density at radius 1 is 1.37 bits per heavy atom. The monoisotopic (exact) mass is 379 g/mol. The molecule has 1 aliphatic heterocycles. The molecule has 1 spiro atoms. The Balaban J connectivity index is 1.70. The molecule has 3 fully saturated rings. The van der Waals surface area contributed by atoms with Crippen molar-refractivity contribution >= 4 is 5.91 Å². The van der Waals surface area contributed by atoms with E-state index in [-0.39, 0.29) is 47.3 Å². The molecule has 0 aromatic heterocycles. The number of nitrogens with one attached hydrogen (secondary N) is 1. The molecule has 5 atom stereocenters. The number of ether oxygens (including phenoxy) is 1. The maximum atomic E-state index is 14.5. The number of hydrogen-bond donors (Lipinski definition) is 2. The summed E-state index contributed by atoms with van der Waals surface area (Å²) in [5, 5.41) is 12.3. The van der Waals surface area contributed by atoms with Gasteiger partial charge in [0.25, 0.3) is 0 Å². The van der Waals surface area contributed by atoms with Crippen molar-refractivity contribution in [1.29, 1.82) is 0 Å². The lowest BCUT2D eigenvalue weighted by Gasteiger charge is -2.53. The second-order valence-electron chi connectivity index (χ2n) is 8.98. The quantitative estimate of drug-likeness (QED) is 0.844. The van der Waals surface area contributed by atoms with Gasteiger partial charge in [-0.25, -0.2) is 8.78 Å². The number of carbonyl (C=O) groups excluding carboxylic acids is 1. The van der Waals surface area contributed by atoms with E-state index in [9.17, 15) is 13.6 Å². The van der Waals surface area contributed by atoms with E-state index in [0.717, 1.165) is 31.4 Å². The second kappa shape index (κ2) is 6.52. The summed E-state index contributed by atoms with van der Waals surface area (Å²) in [6.45, 7) is 4.64. The first-order valence-electron chi connectivity index (χ1n) is 9.76. The van der Waals surface area contributed by atoms with Crippen molar-refractivity contribution in [3.63, 3.8) is 0 Å². The average Bonchev–Trinajstić information content (AvgIpc) is 3.10. The number of fused-ring (bicyclic) bond motifs is 1. The number of hydrogen-bond acceptors (Lipinski definition) is 3. The van der Waals surface area contributed by atoms with Crippen molar-refractivity contribution in [2.24, 2.45) is 22.7 Å². The van der Waals surface area contributed by atoms with Gasteiger partial charge in [0.15, 0.2) is 0 Å². The highest BCUT2D eigenvalue weighted by Gasteiger charge is 2.68. The molecule has 148 valence electrons. The van der Waals surface area contributed by atoms with Gasteiger partial charge in [-0.3, -0.25) is 4.79 Å². The molecule has 1 heterocycles. The van der Waals surface area contributed by atoms with E-state index in [2.05, 4.69) is 19.2 Å². The summed E-state index contributed by atoms with van der Waals surface area (Å²) in [5.41, 5.74) is 0.0233. The molecule has 0 unspecified atom stereocenters. The predicted octanol–water partition coefficient (Wildman–Crippen LogP) is 3.35. The fraction of sp³-hybridized carbons (Fsp3) is 0.667. The zero-order valence-corrected chi connectivity index (χ0v) is 15.8. The van der Waals surface area contributed by atoms with Crippen molar-refractivity contribution in [2.45, 2.75) is 51.7 Å². The highest BCUT2D eigenvalue weighted by atomic mass is 19.1. The van der Waals surface area contributed by atoms with Crippen molar-refractivity contribution in [3.05, 3.63) is 35.4 Å². The highest BCUT2D eigenvalue weighted by molar-refractivity contribution is 5.76. The first-order valence-corrected chi connectivity index (χ1v) is 9.76. The lowest BCUT2D eigenvalue weighted by Crippen LogP contribution is -2.59. The lowest BCUT2D eigenvalue weighted by atomic mass is 9.58. The van der Waals surface area contributed by atoms with E-state index >= 15 is 0 Å². The summed E-state index contributed by atoms with van der Waals surface area (Å²) in [7, 11) is 0. The molecule has 1 saturated heterocycles. The molecule has 1 aromatic rings. The summed E-state index contributed by atoms with van der Waals surface area (Å²) >= 11 is 0. The lowest BCUT2D eigenvalue weighted by molar-refractivity contribution is -0.138. The smallest absolute Gasteiger partial charge is 0.222 e. The van der Waals surface area contributed by atoms with Gasteiger partial charge in [0.1, 0.15) is 11.6 Å². The van der Waals surface area contributed by atoms with Crippen LogP contribution in [0, 0.1) is 34.3 Å². The molecule has 6 heteroatoms.